The zero-order valence-electron chi connectivity index (χ0n) is 14.6. The fraction of sp³-hybridized carbons (Fsp3) is 0.0400. The molecule has 0 aliphatic carbocycles. The molecule has 0 radical (unpaired) electrons. The van der Waals surface area contributed by atoms with Gasteiger partial charge >= 0.3 is 0 Å². The Hall–Kier alpha value is -3.03. The smallest absolute Gasteiger partial charge is 0.131 e. The molecular weight excluding hydrogens is 352 g/mol. The van der Waals surface area contributed by atoms with E-state index in [1.54, 1.807) is 0 Å². The van der Waals surface area contributed by atoms with Gasteiger partial charge < -0.3 is 4.74 Å². The van der Waals surface area contributed by atoms with Crippen molar-refractivity contribution in [3.05, 3.63) is 119 Å². The summed E-state index contributed by atoms with van der Waals surface area (Å²) in [6.07, 6.45) is 0. The lowest BCUT2D eigenvalue weighted by molar-refractivity contribution is 0.453. The summed E-state index contributed by atoms with van der Waals surface area (Å²) >= 11 is 6.15. The molecule has 4 aromatic carbocycles. The van der Waals surface area contributed by atoms with Gasteiger partial charge in [-0.25, -0.2) is 0 Å². The molecule has 0 saturated carbocycles. The van der Waals surface area contributed by atoms with Crippen molar-refractivity contribution in [1.82, 2.24) is 0 Å². The highest BCUT2D eigenvalue weighted by atomic mass is 35.5. The fourth-order valence-corrected chi connectivity index (χ4v) is 4.00. The molecule has 5 rings (SSSR count). The predicted molar refractivity (Wildman–Crippen MR) is 111 cm³/mol. The van der Waals surface area contributed by atoms with Crippen LogP contribution in [0.4, 0.5) is 0 Å². The molecule has 0 fully saturated rings. The Labute approximate surface area is 163 Å². The Morgan fingerprint density at radius 2 is 1.22 bits per heavy atom. The Balaban J connectivity index is 1.61. The van der Waals surface area contributed by atoms with E-state index in [4.69, 9.17) is 16.3 Å². The van der Waals surface area contributed by atoms with Crippen molar-refractivity contribution in [2.24, 2.45) is 0 Å². The number of para-hydroxylation sites is 2. The van der Waals surface area contributed by atoms with Crippen LogP contribution < -0.4 is 4.74 Å². The van der Waals surface area contributed by atoms with E-state index < -0.39 is 0 Å². The number of rotatable bonds is 2. The number of halogens is 1. The van der Waals surface area contributed by atoms with Crippen LogP contribution in [0.2, 0.25) is 5.02 Å². The van der Waals surface area contributed by atoms with Gasteiger partial charge in [0, 0.05) is 22.1 Å². The van der Waals surface area contributed by atoms with E-state index in [0.717, 1.165) is 27.6 Å². The van der Waals surface area contributed by atoms with Crippen molar-refractivity contribution >= 4 is 11.6 Å². The zero-order valence-corrected chi connectivity index (χ0v) is 15.4. The minimum atomic E-state index is 0.166. The van der Waals surface area contributed by atoms with Gasteiger partial charge in [-0.3, -0.25) is 0 Å². The molecule has 0 amide bonds. The van der Waals surface area contributed by atoms with Gasteiger partial charge in [-0.05, 0) is 41.0 Å². The van der Waals surface area contributed by atoms with Gasteiger partial charge in [0.1, 0.15) is 11.5 Å². The summed E-state index contributed by atoms with van der Waals surface area (Å²) in [6.45, 7) is 0. The summed E-state index contributed by atoms with van der Waals surface area (Å²) in [5.74, 6) is 2.03. The Morgan fingerprint density at radius 1 is 0.593 bits per heavy atom. The van der Waals surface area contributed by atoms with Crippen molar-refractivity contribution in [1.29, 1.82) is 0 Å². The molecule has 0 saturated heterocycles. The van der Waals surface area contributed by atoms with E-state index in [2.05, 4.69) is 54.6 Å². The van der Waals surface area contributed by atoms with Gasteiger partial charge in [0.15, 0.2) is 0 Å². The molecule has 4 aromatic rings. The first-order valence-corrected chi connectivity index (χ1v) is 9.39. The predicted octanol–water partition coefficient (Wildman–Crippen LogP) is 7.29. The number of hydrogen-bond acceptors (Lipinski definition) is 1. The molecular formula is C25H17ClO. The van der Waals surface area contributed by atoms with Crippen molar-refractivity contribution in [2.75, 3.05) is 0 Å². The Kier molecular flexibility index (Phi) is 3.95. The monoisotopic (exact) mass is 368 g/mol. The van der Waals surface area contributed by atoms with Crippen molar-refractivity contribution in [3.8, 4) is 22.6 Å². The lowest BCUT2D eigenvalue weighted by Gasteiger charge is -2.28. The number of hydrogen-bond donors (Lipinski definition) is 0. The van der Waals surface area contributed by atoms with E-state index in [0.29, 0.717) is 0 Å². The van der Waals surface area contributed by atoms with Crippen LogP contribution in [0.1, 0.15) is 22.6 Å². The SMILES string of the molecule is Clc1cccc(-c2ccc(C3c4ccccc4Oc4ccccc43)cc2)c1. The van der Waals surface area contributed by atoms with Gasteiger partial charge in [-0.2, -0.15) is 0 Å². The lowest BCUT2D eigenvalue weighted by atomic mass is 9.82. The molecule has 27 heavy (non-hydrogen) atoms. The first kappa shape index (κ1) is 16.2. The topological polar surface area (TPSA) is 9.23 Å². The van der Waals surface area contributed by atoms with Gasteiger partial charge in [-0.1, -0.05) is 84.4 Å². The summed E-state index contributed by atoms with van der Waals surface area (Å²) < 4.78 is 6.12. The molecule has 130 valence electrons. The summed E-state index contributed by atoms with van der Waals surface area (Å²) in [4.78, 5) is 0. The normalized spacial score (nSPS) is 12.8. The van der Waals surface area contributed by atoms with E-state index in [9.17, 15) is 0 Å². The van der Waals surface area contributed by atoms with Crippen molar-refractivity contribution in [2.45, 2.75) is 5.92 Å². The van der Waals surface area contributed by atoms with Crippen LogP contribution in [0, 0.1) is 0 Å². The highest BCUT2D eigenvalue weighted by Crippen LogP contribution is 2.47. The average Bonchev–Trinajstić information content (AvgIpc) is 2.72. The molecule has 0 atom stereocenters. The minimum absolute atomic E-state index is 0.166. The van der Waals surface area contributed by atoms with Gasteiger partial charge in [0.25, 0.3) is 0 Å². The maximum Gasteiger partial charge on any atom is 0.131 e. The van der Waals surface area contributed by atoms with E-state index in [-0.39, 0.29) is 5.92 Å². The molecule has 1 nitrogen and oxygen atoms in total. The number of ether oxygens (including phenoxy) is 1. The summed E-state index contributed by atoms with van der Waals surface area (Å²) in [5, 5.41) is 0.754. The zero-order chi connectivity index (χ0) is 18.2. The maximum absolute atomic E-state index is 6.15. The van der Waals surface area contributed by atoms with Crippen LogP contribution in [0.15, 0.2) is 97.1 Å². The van der Waals surface area contributed by atoms with Crippen LogP contribution in [0.5, 0.6) is 11.5 Å². The standard InChI is InChI=1S/C25H17ClO/c26-20-7-5-6-19(16-20)17-12-14-18(15-13-17)25-21-8-1-3-10-23(21)27-24-11-4-2-9-22(24)25/h1-16,25H. The van der Waals surface area contributed by atoms with Crippen LogP contribution in [-0.2, 0) is 0 Å². The highest BCUT2D eigenvalue weighted by Gasteiger charge is 2.27. The average molecular weight is 369 g/mol. The quantitative estimate of drug-likeness (QED) is 0.318. The molecule has 2 heteroatoms. The Bertz CT molecular complexity index is 1070. The van der Waals surface area contributed by atoms with Crippen LogP contribution >= 0.6 is 11.6 Å². The number of benzene rings is 4. The molecule has 1 heterocycles. The molecule has 1 aliphatic heterocycles. The van der Waals surface area contributed by atoms with Gasteiger partial charge in [0.2, 0.25) is 0 Å². The third kappa shape index (κ3) is 2.90. The first-order chi connectivity index (χ1) is 13.3. The highest BCUT2D eigenvalue weighted by molar-refractivity contribution is 6.30. The van der Waals surface area contributed by atoms with E-state index in [1.807, 2.05) is 42.5 Å². The van der Waals surface area contributed by atoms with Gasteiger partial charge in [0.05, 0.1) is 0 Å². The van der Waals surface area contributed by atoms with E-state index in [1.165, 1.54) is 16.7 Å². The third-order valence-corrected chi connectivity index (χ3v) is 5.32. The minimum Gasteiger partial charge on any atom is -0.457 e. The molecule has 0 bridgehead atoms. The van der Waals surface area contributed by atoms with Crippen molar-refractivity contribution < 1.29 is 4.74 Å². The summed E-state index contributed by atoms with van der Waals surface area (Å²) in [6, 6.07) is 33.3. The molecule has 0 aromatic heterocycles. The summed E-state index contributed by atoms with van der Waals surface area (Å²) in [7, 11) is 0. The fourth-order valence-electron chi connectivity index (χ4n) is 3.81. The lowest BCUT2D eigenvalue weighted by Crippen LogP contribution is -2.11. The second-order valence-electron chi connectivity index (χ2n) is 6.74. The molecule has 0 unspecified atom stereocenters. The van der Waals surface area contributed by atoms with Crippen LogP contribution in [-0.4, -0.2) is 0 Å². The first-order valence-electron chi connectivity index (χ1n) is 9.01. The number of fused-ring (bicyclic) bond motifs is 2. The maximum atomic E-state index is 6.15. The van der Waals surface area contributed by atoms with Gasteiger partial charge in [-0.15, -0.1) is 0 Å². The van der Waals surface area contributed by atoms with Crippen LogP contribution in [0.25, 0.3) is 11.1 Å². The molecule has 1 aliphatic rings. The second-order valence-corrected chi connectivity index (χ2v) is 7.18. The largest absolute Gasteiger partial charge is 0.457 e. The molecule has 0 spiro atoms. The van der Waals surface area contributed by atoms with Crippen LogP contribution in [0.3, 0.4) is 0 Å². The van der Waals surface area contributed by atoms with Crippen molar-refractivity contribution in [3.63, 3.8) is 0 Å². The molecule has 0 N–H and O–H groups in total. The summed E-state index contributed by atoms with van der Waals surface area (Å²) in [5.41, 5.74) is 5.94. The third-order valence-electron chi connectivity index (χ3n) is 5.08. The Morgan fingerprint density at radius 3 is 1.85 bits per heavy atom. The second kappa shape index (κ2) is 6.61. The van der Waals surface area contributed by atoms with E-state index >= 15 is 0 Å².